The Morgan fingerprint density at radius 3 is 2.94 bits per heavy atom. The van der Waals surface area contributed by atoms with E-state index < -0.39 is 0 Å². The predicted molar refractivity (Wildman–Crippen MR) is 66.9 cm³/mol. The van der Waals surface area contributed by atoms with E-state index >= 15 is 0 Å². The molecule has 17 heavy (non-hydrogen) atoms. The number of imidazole rings is 1. The van der Waals surface area contributed by atoms with Gasteiger partial charge in [-0.2, -0.15) is 0 Å². The second-order valence-corrected chi connectivity index (χ2v) is 4.63. The summed E-state index contributed by atoms with van der Waals surface area (Å²) in [7, 11) is 0. The number of aromatic amines is 1. The van der Waals surface area contributed by atoms with Gasteiger partial charge in [-0.05, 0) is 19.4 Å². The molecule has 1 aliphatic heterocycles. The molecule has 1 aliphatic rings. The second kappa shape index (κ2) is 4.00. The third-order valence-corrected chi connectivity index (χ3v) is 3.23. The molecule has 1 aromatic carbocycles. The van der Waals surface area contributed by atoms with Crippen molar-refractivity contribution in [2.45, 2.75) is 26.9 Å². The lowest BCUT2D eigenvalue weighted by Gasteiger charge is -2.09. The van der Waals surface area contributed by atoms with Crippen LogP contribution in [-0.4, -0.2) is 16.6 Å². The van der Waals surface area contributed by atoms with Crippen LogP contribution in [0.1, 0.15) is 22.5 Å². The molecule has 2 aromatic rings. The van der Waals surface area contributed by atoms with Gasteiger partial charge >= 0.3 is 0 Å². The molecular formula is C14H16N2O. The number of aryl methyl sites for hydroxylation is 2. The maximum Gasteiger partial charge on any atom is 0.138 e. The first kappa shape index (κ1) is 10.5. The highest BCUT2D eigenvalue weighted by molar-refractivity contribution is 5.61. The van der Waals surface area contributed by atoms with Crippen molar-refractivity contribution in [2.24, 2.45) is 0 Å². The second-order valence-electron chi connectivity index (χ2n) is 4.63. The Morgan fingerprint density at radius 1 is 1.29 bits per heavy atom. The Hall–Kier alpha value is -1.61. The van der Waals surface area contributed by atoms with Crippen molar-refractivity contribution in [2.75, 3.05) is 6.61 Å². The largest absolute Gasteiger partial charge is 0.375 e. The first-order valence-electron chi connectivity index (χ1n) is 5.97. The Labute approximate surface area is 101 Å². The highest BCUT2D eigenvalue weighted by atomic mass is 16.5. The molecule has 1 N–H and O–H groups in total. The van der Waals surface area contributed by atoms with Gasteiger partial charge in [0.05, 0.1) is 24.6 Å². The van der Waals surface area contributed by atoms with Crippen LogP contribution in [0.3, 0.4) is 0 Å². The van der Waals surface area contributed by atoms with E-state index in [4.69, 9.17) is 4.74 Å². The van der Waals surface area contributed by atoms with Gasteiger partial charge < -0.3 is 9.72 Å². The molecule has 0 unspecified atom stereocenters. The Morgan fingerprint density at radius 2 is 2.18 bits per heavy atom. The van der Waals surface area contributed by atoms with Gasteiger partial charge in [-0.15, -0.1) is 0 Å². The minimum absolute atomic E-state index is 0.660. The number of nitrogens with one attached hydrogen (secondary N) is 1. The average molecular weight is 228 g/mol. The predicted octanol–water partition coefficient (Wildman–Crippen LogP) is 2.77. The van der Waals surface area contributed by atoms with Crippen molar-refractivity contribution in [1.29, 1.82) is 0 Å². The van der Waals surface area contributed by atoms with Crippen molar-refractivity contribution in [3.8, 4) is 11.4 Å². The van der Waals surface area contributed by atoms with Gasteiger partial charge in [-0.3, -0.25) is 0 Å². The molecule has 0 atom stereocenters. The topological polar surface area (TPSA) is 37.9 Å². The highest BCUT2D eigenvalue weighted by Gasteiger charge is 2.16. The Bertz CT molecular complexity index is 534. The van der Waals surface area contributed by atoms with Crippen LogP contribution >= 0.6 is 0 Å². The van der Waals surface area contributed by atoms with E-state index in [1.54, 1.807) is 0 Å². The molecule has 1 aromatic heterocycles. The molecule has 0 spiro atoms. The van der Waals surface area contributed by atoms with Crippen LogP contribution in [0.2, 0.25) is 0 Å². The standard InChI is InChI=1S/C14H16N2O/c1-9-3-4-11(10(2)7-9)14-15-12-5-6-17-8-13(12)16-14/h3-4,7H,5-6,8H2,1-2H3,(H,15,16). The first-order chi connectivity index (χ1) is 8.24. The van der Waals surface area contributed by atoms with E-state index in [2.05, 4.69) is 42.0 Å². The molecule has 0 fully saturated rings. The summed E-state index contributed by atoms with van der Waals surface area (Å²) in [6.45, 7) is 5.68. The fourth-order valence-electron chi connectivity index (χ4n) is 2.32. The zero-order valence-corrected chi connectivity index (χ0v) is 10.2. The van der Waals surface area contributed by atoms with Crippen molar-refractivity contribution >= 4 is 0 Å². The third kappa shape index (κ3) is 1.87. The van der Waals surface area contributed by atoms with Gasteiger partial charge in [0, 0.05) is 12.0 Å². The van der Waals surface area contributed by atoms with E-state index in [1.165, 1.54) is 16.7 Å². The molecule has 0 aliphatic carbocycles. The maximum absolute atomic E-state index is 5.42. The summed E-state index contributed by atoms with van der Waals surface area (Å²) in [6.07, 6.45) is 0.913. The van der Waals surface area contributed by atoms with Gasteiger partial charge in [-0.25, -0.2) is 4.98 Å². The minimum atomic E-state index is 0.660. The molecule has 0 saturated carbocycles. The molecule has 0 amide bonds. The first-order valence-corrected chi connectivity index (χ1v) is 5.97. The number of fused-ring (bicyclic) bond motifs is 1. The third-order valence-electron chi connectivity index (χ3n) is 3.23. The summed E-state index contributed by atoms with van der Waals surface area (Å²) >= 11 is 0. The van der Waals surface area contributed by atoms with Crippen LogP contribution < -0.4 is 0 Å². The van der Waals surface area contributed by atoms with Gasteiger partial charge in [0.25, 0.3) is 0 Å². The summed E-state index contributed by atoms with van der Waals surface area (Å²) < 4.78 is 5.42. The summed E-state index contributed by atoms with van der Waals surface area (Å²) in [4.78, 5) is 8.05. The molecule has 0 radical (unpaired) electrons. The van der Waals surface area contributed by atoms with E-state index in [0.29, 0.717) is 6.61 Å². The monoisotopic (exact) mass is 228 g/mol. The number of hydrogen-bond acceptors (Lipinski definition) is 2. The van der Waals surface area contributed by atoms with E-state index in [1.807, 2.05) is 0 Å². The molecule has 2 heterocycles. The fraction of sp³-hybridized carbons (Fsp3) is 0.357. The summed E-state index contributed by atoms with van der Waals surface area (Å²) in [5.74, 6) is 0.970. The van der Waals surface area contributed by atoms with E-state index in [0.717, 1.165) is 30.2 Å². The molecule has 3 heteroatoms. The molecule has 0 bridgehead atoms. The summed E-state index contributed by atoms with van der Waals surface area (Å²) in [5, 5.41) is 0. The highest BCUT2D eigenvalue weighted by Crippen LogP contribution is 2.24. The summed E-state index contributed by atoms with van der Waals surface area (Å²) in [5.41, 5.74) is 6.02. The van der Waals surface area contributed by atoms with Gasteiger partial charge in [-0.1, -0.05) is 23.8 Å². The number of H-pyrrole nitrogens is 1. The number of ether oxygens (including phenoxy) is 1. The van der Waals surface area contributed by atoms with Crippen LogP contribution in [0.5, 0.6) is 0 Å². The Kier molecular flexibility index (Phi) is 2.48. The number of aromatic nitrogens is 2. The molecule has 3 nitrogen and oxygen atoms in total. The zero-order valence-electron chi connectivity index (χ0n) is 10.2. The quantitative estimate of drug-likeness (QED) is 0.815. The molecule has 3 rings (SSSR count). The molecular weight excluding hydrogens is 212 g/mol. The summed E-state index contributed by atoms with van der Waals surface area (Å²) in [6, 6.07) is 6.45. The van der Waals surface area contributed by atoms with Crippen LogP contribution in [0.15, 0.2) is 18.2 Å². The minimum Gasteiger partial charge on any atom is -0.375 e. The van der Waals surface area contributed by atoms with Crippen molar-refractivity contribution in [3.05, 3.63) is 40.7 Å². The van der Waals surface area contributed by atoms with Crippen LogP contribution in [0.25, 0.3) is 11.4 Å². The fourth-order valence-corrected chi connectivity index (χ4v) is 2.32. The van der Waals surface area contributed by atoms with E-state index in [-0.39, 0.29) is 0 Å². The number of rotatable bonds is 1. The van der Waals surface area contributed by atoms with Crippen LogP contribution in [0.4, 0.5) is 0 Å². The molecule has 88 valence electrons. The lowest BCUT2D eigenvalue weighted by Crippen LogP contribution is -2.08. The Balaban J connectivity index is 2.06. The lowest BCUT2D eigenvalue weighted by atomic mass is 10.1. The van der Waals surface area contributed by atoms with Gasteiger partial charge in [0.2, 0.25) is 0 Å². The lowest BCUT2D eigenvalue weighted by molar-refractivity contribution is 0.107. The normalized spacial score (nSPS) is 14.7. The van der Waals surface area contributed by atoms with Crippen LogP contribution in [-0.2, 0) is 17.8 Å². The van der Waals surface area contributed by atoms with Crippen LogP contribution in [0, 0.1) is 13.8 Å². The van der Waals surface area contributed by atoms with Crippen molar-refractivity contribution in [1.82, 2.24) is 9.97 Å². The maximum atomic E-state index is 5.42. The van der Waals surface area contributed by atoms with Gasteiger partial charge in [0.1, 0.15) is 5.82 Å². The zero-order chi connectivity index (χ0) is 11.8. The number of nitrogens with zero attached hydrogens (tertiary/aromatic N) is 1. The number of benzene rings is 1. The number of hydrogen-bond donors (Lipinski definition) is 1. The van der Waals surface area contributed by atoms with Crippen molar-refractivity contribution in [3.63, 3.8) is 0 Å². The molecule has 0 saturated heterocycles. The van der Waals surface area contributed by atoms with Gasteiger partial charge in [0.15, 0.2) is 0 Å². The smallest absolute Gasteiger partial charge is 0.138 e. The average Bonchev–Trinajstić information content (AvgIpc) is 2.72. The van der Waals surface area contributed by atoms with E-state index in [9.17, 15) is 0 Å². The SMILES string of the molecule is Cc1ccc(-c2nc3c([nH]2)COCC3)c(C)c1. The van der Waals surface area contributed by atoms with Crippen molar-refractivity contribution < 1.29 is 4.74 Å².